The number of benzene rings is 1. The van der Waals surface area contributed by atoms with Gasteiger partial charge in [-0.3, -0.25) is 0 Å². The van der Waals surface area contributed by atoms with Crippen LogP contribution in [0.15, 0.2) is 23.6 Å². The Morgan fingerprint density at radius 3 is 2.83 bits per heavy atom. The molecule has 0 fully saturated rings. The van der Waals surface area contributed by atoms with Crippen LogP contribution in [0.4, 0.5) is 8.78 Å². The highest BCUT2D eigenvalue weighted by atomic mass is 32.1. The molecule has 0 unspecified atom stereocenters. The van der Waals surface area contributed by atoms with E-state index in [-0.39, 0.29) is 0 Å². The summed E-state index contributed by atoms with van der Waals surface area (Å²) in [7, 11) is 0. The summed E-state index contributed by atoms with van der Waals surface area (Å²) in [5, 5.41) is 5.89. The Hall–Kier alpha value is -1.33. The van der Waals surface area contributed by atoms with Gasteiger partial charge in [0, 0.05) is 17.5 Å². The van der Waals surface area contributed by atoms with Crippen LogP contribution in [-0.2, 0) is 6.54 Å². The summed E-state index contributed by atoms with van der Waals surface area (Å²) in [6.07, 6.45) is 1.07. The van der Waals surface area contributed by atoms with Gasteiger partial charge in [-0.25, -0.2) is 13.8 Å². The average Bonchev–Trinajstić information content (AvgIpc) is 2.82. The van der Waals surface area contributed by atoms with E-state index in [1.165, 1.54) is 17.4 Å². The minimum Gasteiger partial charge on any atom is -0.311 e. The molecule has 2 nitrogen and oxygen atoms in total. The number of hydrogen-bond donors (Lipinski definition) is 1. The number of rotatable bonds is 5. The fourth-order valence-electron chi connectivity index (χ4n) is 1.54. The molecule has 0 atom stereocenters. The van der Waals surface area contributed by atoms with Crippen LogP contribution in [0.5, 0.6) is 0 Å². The SMILES string of the molecule is CCCNCc1csc(-c2ccc(F)c(F)c2)n1. The topological polar surface area (TPSA) is 24.9 Å². The Bertz CT molecular complexity index is 525. The molecule has 0 radical (unpaired) electrons. The van der Waals surface area contributed by atoms with Crippen molar-refractivity contribution in [2.45, 2.75) is 19.9 Å². The molecule has 18 heavy (non-hydrogen) atoms. The standard InChI is InChI=1S/C13H14F2N2S/c1-2-5-16-7-10-8-18-13(17-10)9-3-4-11(14)12(15)6-9/h3-4,6,8,16H,2,5,7H2,1H3. The number of hydrogen-bond acceptors (Lipinski definition) is 3. The van der Waals surface area contributed by atoms with E-state index >= 15 is 0 Å². The van der Waals surface area contributed by atoms with Gasteiger partial charge in [0.05, 0.1) is 5.69 Å². The first-order chi connectivity index (χ1) is 8.70. The monoisotopic (exact) mass is 268 g/mol. The van der Waals surface area contributed by atoms with Crippen LogP contribution in [0.3, 0.4) is 0 Å². The summed E-state index contributed by atoms with van der Waals surface area (Å²) in [4.78, 5) is 4.39. The quantitative estimate of drug-likeness (QED) is 0.838. The highest BCUT2D eigenvalue weighted by Crippen LogP contribution is 2.25. The van der Waals surface area contributed by atoms with Crippen LogP contribution < -0.4 is 5.32 Å². The largest absolute Gasteiger partial charge is 0.311 e. The van der Waals surface area contributed by atoms with Crippen LogP contribution in [0.1, 0.15) is 19.0 Å². The second-order valence-electron chi connectivity index (χ2n) is 3.95. The van der Waals surface area contributed by atoms with Crippen LogP contribution in [0, 0.1) is 11.6 Å². The fraction of sp³-hybridized carbons (Fsp3) is 0.308. The van der Waals surface area contributed by atoms with Gasteiger partial charge >= 0.3 is 0 Å². The molecule has 0 saturated heterocycles. The predicted octanol–water partition coefficient (Wildman–Crippen LogP) is 3.59. The van der Waals surface area contributed by atoms with Crippen molar-refractivity contribution < 1.29 is 8.78 Å². The van der Waals surface area contributed by atoms with Gasteiger partial charge in [-0.2, -0.15) is 0 Å². The van der Waals surface area contributed by atoms with E-state index in [0.717, 1.165) is 24.7 Å². The summed E-state index contributed by atoms with van der Waals surface area (Å²) in [6, 6.07) is 3.85. The molecule has 1 aromatic heterocycles. The Balaban J connectivity index is 2.11. The minimum atomic E-state index is -0.839. The number of halogens is 2. The van der Waals surface area contributed by atoms with Crippen molar-refractivity contribution in [3.63, 3.8) is 0 Å². The zero-order chi connectivity index (χ0) is 13.0. The van der Waals surface area contributed by atoms with Crippen molar-refractivity contribution >= 4 is 11.3 Å². The first-order valence-corrected chi connectivity index (χ1v) is 6.69. The average molecular weight is 268 g/mol. The van der Waals surface area contributed by atoms with Crippen LogP contribution in [0.25, 0.3) is 10.6 Å². The molecule has 1 heterocycles. The summed E-state index contributed by atoms with van der Waals surface area (Å²) >= 11 is 1.44. The molecule has 0 aliphatic carbocycles. The number of aromatic nitrogens is 1. The van der Waals surface area contributed by atoms with Gasteiger partial charge in [0.15, 0.2) is 11.6 Å². The van der Waals surface area contributed by atoms with E-state index in [1.54, 1.807) is 6.07 Å². The van der Waals surface area contributed by atoms with E-state index in [0.29, 0.717) is 17.1 Å². The van der Waals surface area contributed by atoms with Gasteiger partial charge < -0.3 is 5.32 Å². The molecule has 0 aliphatic heterocycles. The molecule has 0 spiro atoms. The maximum atomic E-state index is 13.1. The van der Waals surface area contributed by atoms with Gasteiger partial charge in [0.1, 0.15) is 5.01 Å². The molecule has 5 heteroatoms. The maximum Gasteiger partial charge on any atom is 0.159 e. The molecular formula is C13H14F2N2S. The molecule has 2 aromatic rings. The molecular weight excluding hydrogens is 254 g/mol. The van der Waals surface area contributed by atoms with Gasteiger partial charge in [-0.1, -0.05) is 6.92 Å². The molecule has 0 aliphatic rings. The molecule has 0 amide bonds. The van der Waals surface area contributed by atoms with Crippen molar-refractivity contribution in [1.29, 1.82) is 0 Å². The first kappa shape index (κ1) is 13.1. The van der Waals surface area contributed by atoms with E-state index in [4.69, 9.17) is 0 Å². The van der Waals surface area contributed by atoms with E-state index in [2.05, 4.69) is 17.2 Å². The van der Waals surface area contributed by atoms with E-state index < -0.39 is 11.6 Å². The lowest BCUT2D eigenvalue weighted by Gasteiger charge is -1.99. The van der Waals surface area contributed by atoms with Gasteiger partial charge in [-0.15, -0.1) is 11.3 Å². The van der Waals surface area contributed by atoms with Gasteiger partial charge in [-0.05, 0) is 31.2 Å². The smallest absolute Gasteiger partial charge is 0.159 e. The van der Waals surface area contributed by atoms with E-state index in [9.17, 15) is 8.78 Å². The summed E-state index contributed by atoms with van der Waals surface area (Å²) < 4.78 is 25.9. The summed E-state index contributed by atoms with van der Waals surface area (Å²) in [6.45, 7) is 3.74. The van der Waals surface area contributed by atoms with Gasteiger partial charge in [0.25, 0.3) is 0 Å². The lowest BCUT2D eigenvalue weighted by atomic mass is 10.2. The Labute approximate surface area is 109 Å². The molecule has 0 saturated carbocycles. The Morgan fingerprint density at radius 1 is 1.28 bits per heavy atom. The highest BCUT2D eigenvalue weighted by molar-refractivity contribution is 7.13. The lowest BCUT2D eigenvalue weighted by Crippen LogP contribution is -2.13. The second-order valence-corrected chi connectivity index (χ2v) is 4.81. The van der Waals surface area contributed by atoms with Crippen LogP contribution in [-0.4, -0.2) is 11.5 Å². The lowest BCUT2D eigenvalue weighted by molar-refractivity contribution is 0.509. The van der Waals surface area contributed by atoms with Gasteiger partial charge in [0.2, 0.25) is 0 Å². The zero-order valence-corrected chi connectivity index (χ0v) is 10.9. The van der Waals surface area contributed by atoms with Crippen molar-refractivity contribution in [2.75, 3.05) is 6.54 Å². The zero-order valence-electron chi connectivity index (χ0n) is 10.0. The van der Waals surface area contributed by atoms with Crippen molar-refractivity contribution in [2.24, 2.45) is 0 Å². The third-order valence-corrected chi connectivity index (χ3v) is 3.39. The molecule has 1 aromatic carbocycles. The van der Waals surface area contributed by atoms with Crippen LogP contribution >= 0.6 is 11.3 Å². The molecule has 1 N–H and O–H groups in total. The molecule has 2 rings (SSSR count). The summed E-state index contributed by atoms with van der Waals surface area (Å²) in [5.74, 6) is -1.67. The Morgan fingerprint density at radius 2 is 2.11 bits per heavy atom. The van der Waals surface area contributed by atoms with Crippen LogP contribution in [0.2, 0.25) is 0 Å². The number of nitrogens with one attached hydrogen (secondary N) is 1. The Kier molecular flexibility index (Phi) is 4.38. The summed E-state index contributed by atoms with van der Waals surface area (Å²) in [5.41, 5.74) is 1.54. The fourth-order valence-corrected chi connectivity index (χ4v) is 2.36. The third-order valence-electron chi connectivity index (χ3n) is 2.45. The van der Waals surface area contributed by atoms with Crippen molar-refractivity contribution in [3.05, 3.63) is 40.9 Å². The minimum absolute atomic E-state index is 0.612. The third kappa shape index (κ3) is 3.11. The van der Waals surface area contributed by atoms with E-state index in [1.807, 2.05) is 5.38 Å². The first-order valence-electron chi connectivity index (χ1n) is 5.81. The molecule has 96 valence electrons. The number of nitrogens with zero attached hydrogens (tertiary/aromatic N) is 1. The van der Waals surface area contributed by atoms with Crippen molar-refractivity contribution in [1.82, 2.24) is 10.3 Å². The maximum absolute atomic E-state index is 13.1. The molecule has 0 bridgehead atoms. The normalized spacial score (nSPS) is 10.8. The van der Waals surface area contributed by atoms with Crippen molar-refractivity contribution in [3.8, 4) is 10.6 Å². The second kappa shape index (κ2) is 6.02. The highest BCUT2D eigenvalue weighted by Gasteiger charge is 2.08. The number of thiazole rings is 1. The predicted molar refractivity (Wildman–Crippen MR) is 69.5 cm³/mol.